The van der Waals surface area contributed by atoms with Crippen LogP contribution < -0.4 is 0 Å². The molecule has 2 nitrogen and oxygen atoms in total. The lowest BCUT2D eigenvalue weighted by Crippen LogP contribution is -2.46. The van der Waals surface area contributed by atoms with E-state index in [1.54, 1.807) is 0 Å². The maximum atomic E-state index is 6.08. The van der Waals surface area contributed by atoms with Gasteiger partial charge >= 0.3 is 0 Å². The molecule has 1 aliphatic rings. The third-order valence-electron chi connectivity index (χ3n) is 3.65. The summed E-state index contributed by atoms with van der Waals surface area (Å²) in [5, 5.41) is 0.925. The van der Waals surface area contributed by atoms with Gasteiger partial charge in [-0.15, -0.1) is 0 Å². The monoisotopic (exact) mass is 278 g/mol. The lowest BCUT2D eigenvalue weighted by molar-refractivity contribution is -0.245. The van der Waals surface area contributed by atoms with Crippen molar-refractivity contribution in [1.29, 1.82) is 0 Å². The van der Waals surface area contributed by atoms with Gasteiger partial charge in [-0.25, -0.2) is 0 Å². The smallest absolute Gasteiger partial charge is 0.159 e. The number of hydrogen-bond donors (Lipinski definition) is 0. The van der Waals surface area contributed by atoms with Crippen LogP contribution in [0.3, 0.4) is 0 Å². The molecule has 0 bridgehead atoms. The summed E-state index contributed by atoms with van der Waals surface area (Å²) in [4.78, 5) is 0. The van der Waals surface area contributed by atoms with Crippen LogP contribution in [0.4, 0.5) is 0 Å². The highest BCUT2D eigenvalue weighted by molar-refractivity contribution is 9.09. The second-order valence-corrected chi connectivity index (χ2v) is 6.19. The van der Waals surface area contributed by atoms with Gasteiger partial charge < -0.3 is 9.47 Å². The molecule has 1 unspecified atom stereocenters. The topological polar surface area (TPSA) is 18.5 Å². The highest BCUT2D eigenvalue weighted by Crippen LogP contribution is 2.40. The number of ether oxygens (including phenoxy) is 2. The minimum absolute atomic E-state index is 0.0565. The Kier molecular flexibility index (Phi) is 4.63. The van der Waals surface area contributed by atoms with E-state index in [0.717, 1.165) is 31.2 Å². The van der Waals surface area contributed by atoms with E-state index in [1.807, 2.05) is 0 Å². The predicted octanol–water partition coefficient (Wildman–Crippen LogP) is 3.73. The molecule has 0 amide bonds. The van der Waals surface area contributed by atoms with E-state index >= 15 is 0 Å². The van der Waals surface area contributed by atoms with Gasteiger partial charge in [0.25, 0.3) is 0 Å². The zero-order chi connectivity index (χ0) is 11.5. The molecular formula is C12H23BrO2. The minimum Gasteiger partial charge on any atom is -0.353 e. The molecule has 3 heteroatoms. The Morgan fingerprint density at radius 2 is 1.93 bits per heavy atom. The highest BCUT2D eigenvalue weighted by atomic mass is 79.9. The van der Waals surface area contributed by atoms with Crippen molar-refractivity contribution in [2.24, 2.45) is 5.41 Å². The average molecular weight is 279 g/mol. The Morgan fingerprint density at radius 3 is 2.53 bits per heavy atom. The molecule has 0 spiro atoms. The summed E-state index contributed by atoms with van der Waals surface area (Å²) >= 11 is 3.44. The summed E-state index contributed by atoms with van der Waals surface area (Å²) in [5.74, 6) is 0. The fourth-order valence-corrected chi connectivity index (χ4v) is 2.16. The number of hydrogen-bond acceptors (Lipinski definition) is 2. The van der Waals surface area contributed by atoms with E-state index in [1.165, 1.54) is 0 Å². The van der Waals surface area contributed by atoms with Crippen LogP contribution in [0.5, 0.6) is 0 Å². The van der Waals surface area contributed by atoms with Crippen LogP contribution in [0.25, 0.3) is 0 Å². The molecule has 0 saturated carbocycles. The van der Waals surface area contributed by atoms with Crippen LogP contribution in [0.1, 0.15) is 47.0 Å². The number of rotatable bonds is 2. The van der Waals surface area contributed by atoms with Crippen molar-refractivity contribution in [2.75, 3.05) is 11.9 Å². The number of halogens is 1. The van der Waals surface area contributed by atoms with Gasteiger partial charge in [0.15, 0.2) is 6.29 Å². The third-order valence-corrected chi connectivity index (χ3v) is 4.11. The van der Waals surface area contributed by atoms with Gasteiger partial charge in [0, 0.05) is 18.4 Å². The van der Waals surface area contributed by atoms with Crippen LogP contribution >= 0.6 is 15.9 Å². The molecule has 1 fully saturated rings. The summed E-state index contributed by atoms with van der Waals surface area (Å²) in [6, 6.07) is 0. The van der Waals surface area contributed by atoms with Crippen molar-refractivity contribution in [1.82, 2.24) is 0 Å². The zero-order valence-corrected chi connectivity index (χ0v) is 11.9. The third kappa shape index (κ3) is 3.43. The van der Waals surface area contributed by atoms with Gasteiger partial charge in [-0.05, 0) is 32.1 Å². The molecule has 0 aliphatic carbocycles. The summed E-state index contributed by atoms with van der Waals surface area (Å²) in [7, 11) is 0. The molecule has 1 aliphatic heterocycles. The highest BCUT2D eigenvalue weighted by Gasteiger charge is 2.40. The summed E-state index contributed by atoms with van der Waals surface area (Å²) in [6.07, 6.45) is 3.14. The van der Waals surface area contributed by atoms with Crippen molar-refractivity contribution in [2.45, 2.75) is 58.8 Å². The second-order valence-electron chi connectivity index (χ2n) is 5.39. The van der Waals surface area contributed by atoms with Crippen LogP contribution in [-0.2, 0) is 9.47 Å². The summed E-state index contributed by atoms with van der Waals surface area (Å²) in [5.41, 5.74) is 0.0849. The first kappa shape index (κ1) is 13.5. The van der Waals surface area contributed by atoms with Gasteiger partial charge in [0.1, 0.15) is 0 Å². The Morgan fingerprint density at radius 1 is 1.27 bits per heavy atom. The fourth-order valence-electron chi connectivity index (χ4n) is 1.78. The molecule has 0 aromatic rings. The van der Waals surface area contributed by atoms with Crippen LogP contribution in [-0.4, -0.2) is 23.8 Å². The first-order valence-electron chi connectivity index (χ1n) is 5.74. The standard InChI is InChI=1S/C12H23BrO2/c1-11(2)7-5-9-14-10(6-8-13)15-12(11,3)4/h10H,5-9H2,1-4H3. The van der Waals surface area contributed by atoms with E-state index in [9.17, 15) is 0 Å². The van der Waals surface area contributed by atoms with Gasteiger partial charge in [-0.1, -0.05) is 29.8 Å². The van der Waals surface area contributed by atoms with Crippen LogP contribution in [0.2, 0.25) is 0 Å². The molecule has 1 atom stereocenters. The molecular weight excluding hydrogens is 256 g/mol. The molecule has 90 valence electrons. The Hall–Kier alpha value is 0.400. The first-order chi connectivity index (χ1) is 6.89. The van der Waals surface area contributed by atoms with Crippen molar-refractivity contribution in [3.05, 3.63) is 0 Å². The SMILES string of the molecule is CC1(C)CCCOC(CCBr)OC1(C)C. The quantitative estimate of drug-likeness (QED) is 0.717. The normalized spacial score (nSPS) is 30.6. The van der Waals surface area contributed by atoms with Gasteiger partial charge in [0.05, 0.1) is 5.60 Å². The Labute approximate surface area is 102 Å². The number of alkyl halides is 1. The van der Waals surface area contributed by atoms with E-state index in [4.69, 9.17) is 9.47 Å². The molecule has 0 aromatic heterocycles. The molecule has 0 N–H and O–H groups in total. The van der Waals surface area contributed by atoms with Gasteiger partial charge in [-0.3, -0.25) is 0 Å². The van der Waals surface area contributed by atoms with Crippen molar-refractivity contribution in [3.63, 3.8) is 0 Å². The summed E-state index contributed by atoms with van der Waals surface area (Å²) in [6.45, 7) is 9.72. The minimum atomic E-state index is -0.125. The predicted molar refractivity (Wildman–Crippen MR) is 66.3 cm³/mol. The summed E-state index contributed by atoms with van der Waals surface area (Å²) < 4.78 is 11.8. The molecule has 1 saturated heterocycles. The van der Waals surface area contributed by atoms with Crippen LogP contribution in [0, 0.1) is 5.41 Å². The Bertz CT molecular complexity index is 202. The Balaban J connectivity index is 2.70. The van der Waals surface area contributed by atoms with E-state index < -0.39 is 0 Å². The average Bonchev–Trinajstić information content (AvgIpc) is 2.10. The van der Waals surface area contributed by atoms with Crippen molar-refractivity contribution in [3.8, 4) is 0 Å². The zero-order valence-electron chi connectivity index (χ0n) is 10.3. The first-order valence-corrected chi connectivity index (χ1v) is 6.86. The molecule has 1 heterocycles. The second kappa shape index (κ2) is 5.15. The van der Waals surface area contributed by atoms with E-state index in [-0.39, 0.29) is 17.3 Å². The van der Waals surface area contributed by atoms with E-state index in [2.05, 4.69) is 43.6 Å². The van der Waals surface area contributed by atoms with E-state index in [0.29, 0.717) is 0 Å². The van der Waals surface area contributed by atoms with Gasteiger partial charge in [0.2, 0.25) is 0 Å². The largest absolute Gasteiger partial charge is 0.353 e. The van der Waals surface area contributed by atoms with Crippen molar-refractivity contribution < 1.29 is 9.47 Å². The fraction of sp³-hybridized carbons (Fsp3) is 1.00. The molecule has 0 aromatic carbocycles. The van der Waals surface area contributed by atoms with Crippen molar-refractivity contribution >= 4 is 15.9 Å². The molecule has 1 rings (SSSR count). The lowest BCUT2D eigenvalue weighted by Gasteiger charge is -2.45. The molecule has 0 radical (unpaired) electrons. The maximum absolute atomic E-state index is 6.08. The van der Waals surface area contributed by atoms with Crippen LogP contribution in [0.15, 0.2) is 0 Å². The van der Waals surface area contributed by atoms with Gasteiger partial charge in [-0.2, -0.15) is 0 Å². The maximum Gasteiger partial charge on any atom is 0.159 e. The lowest BCUT2D eigenvalue weighted by atomic mass is 9.73. The molecule has 15 heavy (non-hydrogen) atoms.